The standard InChI is InChI=1S/C27H34N2O5/c1-4-27(3,25(31)32)17-28-24(30)15-9-10-18(2)29-26(33)34-16-23-21-13-7-5-11-19(21)20-12-6-8-14-22(20)23/h5-8,11-14,18,23H,4,9-10,15-17H2,1-3H3,(H,28,30)(H,29,33)(H,31,32). The molecule has 1 aliphatic rings. The van der Waals surface area contributed by atoms with E-state index in [0.29, 0.717) is 19.3 Å². The molecule has 2 atom stereocenters. The molecule has 0 bridgehead atoms. The van der Waals surface area contributed by atoms with E-state index in [1.807, 2.05) is 31.2 Å². The van der Waals surface area contributed by atoms with Crippen LogP contribution in [-0.4, -0.2) is 42.3 Å². The maximum atomic E-state index is 12.4. The minimum atomic E-state index is -0.964. The van der Waals surface area contributed by atoms with Gasteiger partial charge < -0.3 is 20.5 Å². The van der Waals surface area contributed by atoms with E-state index in [0.717, 1.165) is 11.1 Å². The molecule has 0 aromatic heterocycles. The van der Waals surface area contributed by atoms with Crippen LogP contribution in [0.5, 0.6) is 0 Å². The number of ether oxygens (including phenoxy) is 1. The van der Waals surface area contributed by atoms with Gasteiger partial charge in [-0.05, 0) is 55.4 Å². The van der Waals surface area contributed by atoms with Gasteiger partial charge in [0.15, 0.2) is 0 Å². The van der Waals surface area contributed by atoms with Crippen LogP contribution in [-0.2, 0) is 14.3 Å². The lowest BCUT2D eigenvalue weighted by atomic mass is 9.87. The third kappa shape index (κ3) is 5.95. The Morgan fingerprint density at radius 1 is 1.06 bits per heavy atom. The summed E-state index contributed by atoms with van der Waals surface area (Å²) in [6.07, 6.45) is 1.42. The number of benzene rings is 2. The molecule has 182 valence electrons. The van der Waals surface area contributed by atoms with E-state index < -0.39 is 17.5 Å². The van der Waals surface area contributed by atoms with Crippen molar-refractivity contribution in [1.29, 1.82) is 0 Å². The maximum absolute atomic E-state index is 12.4. The van der Waals surface area contributed by atoms with Gasteiger partial charge >= 0.3 is 12.1 Å². The van der Waals surface area contributed by atoms with Gasteiger partial charge in [0.2, 0.25) is 5.91 Å². The third-order valence-electron chi connectivity index (χ3n) is 6.72. The SMILES string of the molecule is CCC(C)(CNC(=O)CCCC(C)NC(=O)OCC1c2ccccc2-c2ccccc21)C(=O)O. The molecule has 2 unspecified atom stereocenters. The largest absolute Gasteiger partial charge is 0.481 e. The third-order valence-corrected chi connectivity index (χ3v) is 6.72. The number of nitrogens with one attached hydrogen (secondary N) is 2. The second-order valence-electron chi connectivity index (χ2n) is 9.26. The number of hydrogen-bond acceptors (Lipinski definition) is 4. The summed E-state index contributed by atoms with van der Waals surface area (Å²) >= 11 is 0. The summed E-state index contributed by atoms with van der Waals surface area (Å²) in [5, 5.41) is 14.8. The summed E-state index contributed by atoms with van der Waals surface area (Å²) in [6.45, 7) is 5.64. The first-order valence-corrected chi connectivity index (χ1v) is 11.9. The number of alkyl carbamates (subject to hydrolysis) is 1. The van der Waals surface area contributed by atoms with E-state index in [2.05, 4.69) is 34.9 Å². The van der Waals surface area contributed by atoms with Gasteiger partial charge in [0.05, 0.1) is 5.41 Å². The van der Waals surface area contributed by atoms with Crippen molar-refractivity contribution in [3.8, 4) is 11.1 Å². The van der Waals surface area contributed by atoms with Crippen molar-refractivity contribution in [2.24, 2.45) is 5.41 Å². The van der Waals surface area contributed by atoms with Crippen LogP contribution in [0.15, 0.2) is 48.5 Å². The van der Waals surface area contributed by atoms with Crippen LogP contribution in [0.2, 0.25) is 0 Å². The number of carbonyl (C=O) groups excluding carboxylic acids is 2. The molecule has 0 radical (unpaired) electrons. The topological polar surface area (TPSA) is 105 Å². The normalized spacial score (nSPS) is 14.9. The molecule has 7 nitrogen and oxygen atoms in total. The highest BCUT2D eigenvalue weighted by Crippen LogP contribution is 2.44. The predicted molar refractivity (Wildman–Crippen MR) is 131 cm³/mol. The molecule has 0 heterocycles. The van der Waals surface area contributed by atoms with E-state index in [-0.39, 0.29) is 37.4 Å². The Kier molecular flexibility index (Phi) is 8.31. The van der Waals surface area contributed by atoms with E-state index in [1.165, 1.54) is 11.1 Å². The fourth-order valence-electron chi connectivity index (χ4n) is 4.22. The fourth-order valence-corrected chi connectivity index (χ4v) is 4.22. The number of fused-ring (bicyclic) bond motifs is 3. The van der Waals surface area contributed by atoms with E-state index in [9.17, 15) is 19.5 Å². The average Bonchev–Trinajstić information content (AvgIpc) is 3.14. The molecule has 7 heteroatoms. The summed E-state index contributed by atoms with van der Waals surface area (Å²) in [4.78, 5) is 35.8. The second kappa shape index (κ2) is 11.2. The smallest absolute Gasteiger partial charge is 0.407 e. The Balaban J connectivity index is 1.40. The van der Waals surface area contributed by atoms with Crippen molar-refractivity contribution in [1.82, 2.24) is 10.6 Å². The number of aliphatic carboxylic acids is 1. The molecule has 0 saturated heterocycles. The van der Waals surface area contributed by atoms with Crippen molar-refractivity contribution in [3.05, 3.63) is 59.7 Å². The van der Waals surface area contributed by atoms with E-state index in [1.54, 1.807) is 13.8 Å². The molecule has 0 spiro atoms. The molecule has 2 aromatic carbocycles. The van der Waals surface area contributed by atoms with Gasteiger partial charge in [-0.3, -0.25) is 9.59 Å². The van der Waals surface area contributed by atoms with Gasteiger partial charge in [-0.1, -0.05) is 55.5 Å². The lowest BCUT2D eigenvalue weighted by molar-refractivity contribution is -0.148. The zero-order valence-corrected chi connectivity index (χ0v) is 20.1. The van der Waals surface area contributed by atoms with Crippen molar-refractivity contribution < 1.29 is 24.2 Å². The number of rotatable bonds is 11. The highest BCUT2D eigenvalue weighted by molar-refractivity contribution is 5.79. The monoisotopic (exact) mass is 466 g/mol. The average molecular weight is 467 g/mol. The number of carbonyl (C=O) groups is 3. The summed E-state index contributed by atoms with van der Waals surface area (Å²) in [5.41, 5.74) is 3.73. The molecule has 0 aliphatic heterocycles. The Hall–Kier alpha value is -3.35. The molecule has 0 saturated carbocycles. The summed E-state index contributed by atoms with van der Waals surface area (Å²) < 4.78 is 5.56. The predicted octanol–water partition coefficient (Wildman–Crippen LogP) is 4.70. The molecule has 3 rings (SSSR count). The van der Waals surface area contributed by atoms with Crippen LogP contribution < -0.4 is 10.6 Å². The van der Waals surface area contributed by atoms with Gasteiger partial charge in [0.1, 0.15) is 6.61 Å². The van der Waals surface area contributed by atoms with Gasteiger partial charge in [-0.2, -0.15) is 0 Å². The van der Waals surface area contributed by atoms with Crippen LogP contribution in [0.3, 0.4) is 0 Å². The van der Waals surface area contributed by atoms with Crippen molar-refractivity contribution in [2.45, 2.75) is 58.4 Å². The van der Waals surface area contributed by atoms with Crippen LogP contribution in [0.25, 0.3) is 11.1 Å². The van der Waals surface area contributed by atoms with Crippen LogP contribution in [0, 0.1) is 5.41 Å². The maximum Gasteiger partial charge on any atom is 0.407 e. The van der Waals surface area contributed by atoms with Crippen LogP contribution in [0.4, 0.5) is 4.79 Å². The second-order valence-corrected chi connectivity index (χ2v) is 9.26. The van der Waals surface area contributed by atoms with Gasteiger partial charge in [0.25, 0.3) is 0 Å². The lowest BCUT2D eigenvalue weighted by Crippen LogP contribution is -2.40. The first kappa shape index (κ1) is 25.3. The van der Waals surface area contributed by atoms with Crippen LogP contribution >= 0.6 is 0 Å². The zero-order chi connectivity index (χ0) is 24.7. The number of carboxylic acid groups (broad SMARTS) is 1. The van der Waals surface area contributed by atoms with Crippen LogP contribution in [0.1, 0.15) is 63.5 Å². The van der Waals surface area contributed by atoms with Gasteiger partial charge in [-0.15, -0.1) is 0 Å². The van der Waals surface area contributed by atoms with E-state index >= 15 is 0 Å². The molecule has 3 N–H and O–H groups in total. The molecule has 0 fully saturated rings. The van der Waals surface area contributed by atoms with Crippen molar-refractivity contribution in [2.75, 3.05) is 13.2 Å². The Bertz CT molecular complexity index is 992. The Morgan fingerprint density at radius 3 is 2.21 bits per heavy atom. The highest BCUT2D eigenvalue weighted by Gasteiger charge is 2.31. The minimum Gasteiger partial charge on any atom is -0.481 e. The van der Waals surface area contributed by atoms with Crippen molar-refractivity contribution in [3.63, 3.8) is 0 Å². The summed E-state index contributed by atoms with van der Waals surface area (Å²) in [5.74, 6) is -1.10. The Labute approximate surface area is 200 Å². The molecule has 34 heavy (non-hydrogen) atoms. The zero-order valence-electron chi connectivity index (χ0n) is 20.1. The first-order valence-electron chi connectivity index (χ1n) is 11.9. The van der Waals surface area contributed by atoms with Gasteiger partial charge in [-0.25, -0.2) is 4.79 Å². The first-order chi connectivity index (χ1) is 16.2. The quantitative estimate of drug-likeness (QED) is 0.445. The molecular weight excluding hydrogens is 432 g/mol. The fraction of sp³-hybridized carbons (Fsp3) is 0.444. The number of hydrogen-bond donors (Lipinski definition) is 3. The van der Waals surface area contributed by atoms with Crippen molar-refractivity contribution >= 4 is 18.0 Å². The molecular formula is C27H34N2O5. The molecule has 2 aromatic rings. The van der Waals surface area contributed by atoms with E-state index in [4.69, 9.17) is 4.74 Å². The lowest BCUT2D eigenvalue weighted by Gasteiger charge is -2.23. The summed E-state index contributed by atoms with van der Waals surface area (Å²) in [7, 11) is 0. The summed E-state index contributed by atoms with van der Waals surface area (Å²) in [6, 6.07) is 16.2. The highest BCUT2D eigenvalue weighted by atomic mass is 16.5. The minimum absolute atomic E-state index is 0.0109. The Morgan fingerprint density at radius 2 is 1.65 bits per heavy atom. The number of carboxylic acids is 1. The molecule has 1 aliphatic carbocycles. The molecule has 2 amide bonds. The number of amides is 2. The van der Waals surface area contributed by atoms with Gasteiger partial charge in [0, 0.05) is 24.9 Å².